The van der Waals surface area contributed by atoms with Crippen molar-refractivity contribution >= 4 is 40.0 Å². The van der Waals surface area contributed by atoms with Gasteiger partial charge in [0.15, 0.2) is 0 Å². The molecule has 30 heavy (non-hydrogen) atoms. The molecule has 0 saturated carbocycles. The molecule has 9 heteroatoms. The van der Waals surface area contributed by atoms with Crippen molar-refractivity contribution in [2.45, 2.75) is 39.7 Å². The van der Waals surface area contributed by atoms with Gasteiger partial charge >= 0.3 is 0 Å². The SMILES string of the molecule is CCN1C(=O)CN(C)C(=O)c2c1sc1c2CCN(C(=O)C2CCN(C(C)=O)CC2)C1. The number of hydrogen-bond acceptors (Lipinski definition) is 5. The van der Waals surface area contributed by atoms with Crippen LogP contribution in [0, 0.1) is 5.92 Å². The van der Waals surface area contributed by atoms with Crippen molar-refractivity contribution in [3.8, 4) is 0 Å². The van der Waals surface area contributed by atoms with Gasteiger partial charge in [0.1, 0.15) is 11.5 Å². The summed E-state index contributed by atoms with van der Waals surface area (Å²) in [6, 6.07) is 0. The minimum atomic E-state index is -0.108. The molecule has 3 aliphatic heterocycles. The fraction of sp³-hybridized carbons (Fsp3) is 0.619. The monoisotopic (exact) mass is 432 g/mol. The van der Waals surface area contributed by atoms with E-state index < -0.39 is 0 Å². The van der Waals surface area contributed by atoms with Gasteiger partial charge in [-0.15, -0.1) is 11.3 Å². The van der Waals surface area contributed by atoms with Crippen molar-refractivity contribution in [1.82, 2.24) is 14.7 Å². The van der Waals surface area contributed by atoms with Crippen LogP contribution in [0.3, 0.4) is 0 Å². The number of likely N-dealkylation sites (tertiary alicyclic amines) is 1. The van der Waals surface area contributed by atoms with Crippen LogP contribution < -0.4 is 4.90 Å². The topological polar surface area (TPSA) is 81.2 Å². The maximum absolute atomic E-state index is 13.1. The fourth-order valence-corrected chi connectivity index (χ4v) is 6.11. The second-order valence-corrected chi connectivity index (χ2v) is 9.36. The highest BCUT2D eigenvalue weighted by molar-refractivity contribution is 7.17. The smallest absolute Gasteiger partial charge is 0.257 e. The lowest BCUT2D eigenvalue weighted by Gasteiger charge is -2.35. The van der Waals surface area contributed by atoms with Crippen LogP contribution in [0.1, 0.15) is 47.5 Å². The minimum Gasteiger partial charge on any atom is -0.343 e. The normalized spacial score (nSPS) is 20.2. The lowest BCUT2D eigenvalue weighted by molar-refractivity contribution is -0.140. The Bertz CT molecular complexity index is 903. The molecule has 0 unspecified atom stereocenters. The summed E-state index contributed by atoms with van der Waals surface area (Å²) in [4.78, 5) is 58.1. The summed E-state index contributed by atoms with van der Waals surface area (Å²) in [5, 5.41) is 0.728. The van der Waals surface area contributed by atoms with E-state index in [0.29, 0.717) is 57.5 Å². The largest absolute Gasteiger partial charge is 0.343 e. The average Bonchev–Trinajstić information content (AvgIpc) is 3.07. The molecular formula is C21H28N4O4S. The van der Waals surface area contributed by atoms with Crippen LogP contribution in [0.25, 0.3) is 0 Å². The molecule has 8 nitrogen and oxygen atoms in total. The molecule has 4 rings (SSSR count). The molecule has 4 heterocycles. The van der Waals surface area contributed by atoms with Gasteiger partial charge in [-0.1, -0.05) is 0 Å². The number of carbonyl (C=O) groups is 4. The second-order valence-electron chi connectivity index (χ2n) is 8.27. The first-order valence-corrected chi connectivity index (χ1v) is 11.4. The summed E-state index contributed by atoms with van der Waals surface area (Å²) < 4.78 is 0. The number of likely N-dealkylation sites (N-methyl/N-ethyl adjacent to an activating group) is 2. The molecule has 1 saturated heterocycles. The molecule has 0 atom stereocenters. The van der Waals surface area contributed by atoms with E-state index in [9.17, 15) is 19.2 Å². The van der Waals surface area contributed by atoms with E-state index >= 15 is 0 Å². The molecular weight excluding hydrogens is 404 g/mol. The highest BCUT2D eigenvalue weighted by Crippen LogP contribution is 2.41. The number of thiophene rings is 1. The summed E-state index contributed by atoms with van der Waals surface area (Å²) in [6.07, 6.45) is 2.03. The van der Waals surface area contributed by atoms with E-state index in [1.54, 1.807) is 23.8 Å². The Kier molecular flexibility index (Phi) is 5.57. The molecule has 0 aliphatic carbocycles. The Morgan fingerprint density at radius 1 is 1.07 bits per heavy atom. The highest BCUT2D eigenvalue weighted by Gasteiger charge is 2.38. The van der Waals surface area contributed by atoms with Gasteiger partial charge in [0.05, 0.1) is 12.1 Å². The minimum absolute atomic E-state index is 0.0542. The number of amides is 4. The van der Waals surface area contributed by atoms with Crippen molar-refractivity contribution in [1.29, 1.82) is 0 Å². The van der Waals surface area contributed by atoms with Crippen LogP contribution in [0.4, 0.5) is 5.00 Å². The van der Waals surface area contributed by atoms with Crippen LogP contribution in [0.15, 0.2) is 0 Å². The molecule has 1 aromatic heterocycles. The first-order chi connectivity index (χ1) is 14.3. The quantitative estimate of drug-likeness (QED) is 0.706. The Labute approximate surface area is 180 Å². The van der Waals surface area contributed by atoms with Crippen LogP contribution in [-0.4, -0.2) is 78.1 Å². The molecule has 1 fully saturated rings. The third-order valence-electron chi connectivity index (χ3n) is 6.43. The van der Waals surface area contributed by atoms with Crippen molar-refractivity contribution in [3.63, 3.8) is 0 Å². The van der Waals surface area contributed by atoms with Crippen molar-refractivity contribution in [2.75, 3.05) is 44.7 Å². The van der Waals surface area contributed by atoms with Crippen LogP contribution in [-0.2, 0) is 27.3 Å². The van der Waals surface area contributed by atoms with Gasteiger partial charge in [-0.25, -0.2) is 0 Å². The van der Waals surface area contributed by atoms with Gasteiger partial charge in [0.2, 0.25) is 17.7 Å². The van der Waals surface area contributed by atoms with E-state index in [2.05, 4.69) is 0 Å². The summed E-state index contributed by atoms with van der Waals surface area (Å²) in [6.45, 7) is 6.42. The summed E-state index contributed by atoms with van der Waals surface area (Å²) in [5.41, 5.74) is 1.64. The number of carbonyl (C=O) groups excluding carboxylic acids is 4. The van der Waals surface area contributed by atoms with Crippen molar-refractivity contribution in [2.24, 2.45) is 5.92 Å². The van der Waals surface area contributed by atoms with Gasteiger partial charge in [-0.2, -0.15) is 0 Å². The first-order valence-electron chi connectivity index (χ1n) is 10.6. The van der Waals surface area contributed by atoms with Gasteiger partial charge in [0, 0.05) is 50.9 Å². The van der Waals surface area contributed by atoms with Gasteiger partial charge in [-0.05, 0) is 31.7 Å². The zero-order valence-electron chi connectivity index (χ0n) is 17.8. The molecule has 0 N–H and O–H groups in total. The average molecular weight is 433 g/mol. The van der Waals surface area contributed by atoms with Crippen LogP contribution >= 0.6 is 11.3 Å². The highest BCUT2D eigenvalue weighted by atomic mass is 32.1. The van der Waals surface area contributed by atoms with E-state index in [1.165, 1.54) is 16.2 Å². The molecule has 4 amide bonds. The maximum Gasteiger partial charge on any atom is 0.257 e. The van der Waals surface area contributed by atoms with Crippen molar-refractivity contribution in [3.05, 3.63) is 16.0 Å². The van der Waals surface area contributed by atoms with Gasteiger partial charge in [-0.3, -0.25) is 19.2 Å². The molecule has 1 aromatic rings. The van der Waals surface area contributed by atoms with Crippen molar-refractivity contribution < 1.29 is 19.2 Å². The predicted molar refractivity (Wildman–Crippen MR) is 113 cm³/mol. The molecule has 3 aliphatic rings. The number of rotatable bonds is 2. The third kappa shape index (κ3) is 3.49. The number of piperidine rings is 1. The number of hydrogen-bond donors (Lipinski definition) is 0. The Morgan fingerprint density at radius 2 is 1.77 bits per heavy atom. The lowest BCUT2D eigenvalue weighted by Crippen LogP contribution is -2.45. The number of anilines is 1. The Balaban J connectivity index is 1.55. The first kappa shape index (κ1) is 20.8. The second kappa shape index (κ2) is 8.02. The molecule has 0 bridgehead atoms. The third-order valence-corrected chi connectivity index (χ3v) is 7.67. The zero-order chi connectivity index (χ0) is 21.6. The summed E-state index contributed by atoms with van der Waals surface area (Å²) in [5.74, 6) is -0.0342. The van der Waals surface area contributed by atoms with E-state index in [0.717, 1.165) is 15.4 Å². The fourth-order valence-electron chi connectivity index (χ4n) is 4.67. The lowest BCUT2D eigenvalue weighted by atomic mass is 9.93. The maximum atomic E-state index is 13.1. The van der Waals surface area contributed by atoms with Crippen LogP contribution in [0.2, 0.25) is 0 Å². The predicted octanol–water partition coefficient (Wildman–Crippen LogP) is 1.33. The number of fused-ring (bicyclic) bond motifs is 3. The number of nitrogens with zero attached hydrogens (tertiary/aromatic N) is 4. The van der Waals surface area contributed by atoms with Crippen LogP contribution in [0.5, 0.6) is 0 Å². The Hall–Kier alpha value is -2.42. The van der Waals surface area contributed by atoms with E-state index in [4.69, 9.17) is 0 Å². The van der Waals surface area contributed by atoms with Gasteiger partial charge < -0.3 is 19.6 Å². The van der Waals surface area contributed by atoms with E-state index in [1.807, 2.05) is 11.8 Å². The summed E-state index contributed by atoms with van der Waals surface area (Å²) >= 11 is 1.48. The van der Waals surface area contributed by atoms with Gasteiger partial charge in [0.25, 0.3) is 5.91 Å². The standard InChI is InChI=1S/C21H28N4O4S/c1-4-25-17(27)12-22(3)20(29)18-15-7-10-24(11-16(15)30-21(18)25)19(28)14-5-8-23(9-6-14)13(2)26/h14H,4-12H2,1-3H3. The molecule has 162 valence electrons. The molecule has 0 spiro atoms. The molecule has 0 aromatic carbocycles. The Morgan fingerprint density at radius 3 is 2.40 bits per heavy atom. The molecule has 0 radical (unpaired) electrons. The van der Waals surface area contributed by atoms with E-state index in [-0.39, 0.29) is 36.1 Å². The zero-order valence-corrected chi connectivity index (χ0v) is 18.6. The summed E-state index contributed by atoms with van der Waals surface area (Å²) in [7, 11) is 1.67.